The molecule has 0 saturated carbocycles. The van der Waals surface area contributed by atoms with E-state index in [1.807, 2.05) is 11.0 Å². The molecule has 8 nitrogen and oxygen atoms in total. The van der Waals surface area contributed by atoms with Gasteiger partial charge in [0.25, 0.3) is 0 Å². The quantitative estimate of drug-likeness (QED) is 0.710. The lowest BCUT2D eigenvalue weighted by atomic mass is 9.93. The summed E-state index contributed by atoms with van der Waals surface area (Å²) >= 11 is 0. The van der Waals surface area contributed by atoms with E-state index >= 15 is 0 Å². The third-order valence-electron chi connectivity index (χ3n) is 6.99. The Morgan fingerprint density at radius 3 is 2.35 bits per heavy atom. The lowest BCUT2D eigenvalue weighted by Crippen LogP contribution is -2.61. The van der Waals surface area contributed by atoms with E-state index in [-0.39, 0.29) is 18.1 Å². The summed E-state index contributed by atoms with van der Waals surface area (Å²) in [7, 11) is 0. The summed E-state index contributed by atoms with van der Waals surface area (Å²) in [6, 6.07) is 12.8. The Labute approximate surface area is 202 Å². The number of benzene rings is 1. The van der Waals surface area contributed by atoms with Gasteiger partial charge in [0, 0.05) is 38.3 Å². The predicted octanol–water partition coefficient (Wildman–Crippen LogP) is 3.26. The molecule has 180 valence electrons. The number of urea groups is 1. The van der Waals surface area contributed by atoms with E-state index in [0.29, 0.717) is 30.5 Å². The molecule has 0 spiro atoms. The Morgan fingerprint density at radius 2 is 1.74 bits per heavy atom. The Morgan fingerprint density at radius 1 is 1.09 bits per heavy atom. The van der Waals surface area contributed by atoms with Gasteiger partial charge in [-0.15, -0.1) is 0 Å². The first-order valence-electron chi connectivity index (χ1n) is 12.3. The van der Waals surface area contributed by atoms with E-state index in [9.17, 15) is 4.79 Å². The summed E-state index contributed by atoms with van der Waals surface area (Å²) in [5.41, 5.74) is 1.83. The molecule has 1 aromatic heterocycles. The number of amides is 2. The summed E-state index contributed by atoms with van der Waals surface area (Å²) in [6.45, 7) is 9.47. The number of likely N-dealkylation sites (tertiary alicyclic amines) is 1. The molecular weight excluding hydrogens is 426 g/mol. The van der Waals surface area contributed by atoms with Crippen molar-refractivity contribution in [1.82, 2.24) is 25.1 Å². The van der Waals surface area contributed by atoms with Crippen molar-refractivity contribution in [2.45, 2.75) is 51.7 Å². The second-order valence-electron chi connectivity index (χ2n) is 9.62. The van der Waals surface area contributed by atoms with Gasteiger partial charge in [0.1, 0.15) is 6.07 Å². The SMILES string of the molecule is C[C@@H]1CN(c2ncc(C#N)cn2)C[C@H](C)N1C(=O)NCCC1CCN(Cc2ccccc2)CC1. The van der Waals surface area contributed by atoms with Gasteiger partial charge in [-0.2, -0.15) is 5.26 Å². The van der Waals surface area contributed by atoms with Crippen molar-refractivity contribution < 1.29 is 4.79 Å². The summed E-state index contributed by atoms with van der Waals surface area (Å²) < 4.78 is 0. The van der Waals surface area contributed by atoms with E-state index in [4.69, 9.17) is 5.26 Å². The summed E-state index contributed by atoms with van der Waals surface area (Å²) in [5, 5.41) is 12.1. The van der Waals surface area contributed by atoms with Crippen molar-refractivity contribution in [3.05, 3.63) is 53.9 Å². The van der Waals surface area contributed by atoms with Crippen molar-refractivity contribution in [3.63, 3.8) is 0 Å². The Balaban J connectivity index is 1.19. The molecule has 2 fully saturated rings. The summed E-state index contributed by atoms with van der Waals surface area (Å²) in [4.78, 5) is 28.2. The standard InChI is InChI=1S/C26H35N7O/c1-20-17-32(25-29-15-24(14-27)16-30-25)18-21(2)33(20)26(34)28-11-8-22-9-12-31(13-10-22)19-23-6-4-3-5-7-23/h3-7,15-16,20-22H,8-13,17-19H2,1-2H3,(H,28,34)/t20-,21+. The number of nitrogens with one attached hydrogen (secondary N) is 1. The third-order valence-corrected chi connectivity index (χ3v) is 6.99. The molecule has 2 aliphatic heterocycles. The molecular formula is C26H35N7O. The number of piperidine rings is 1. The molecule has 2 aromatic rings. The van der Waals surface area contributed by atoms with Crippen LogP contribution in [-0.2, 0) is 6.54 Å². The van der Waals surface area contributed by atoms with Crippen molar-refractivity contribution in [1.29, 1.82) is 5.26 Å². The second-order valence-corrected chi connectivity index (χ2v) is 9.62. The molecule has 8 heteroatoms. The minimum absolute atomic E-state index is 0.0157. The number of nitrogens with zero attached hydrogens (tertiary/aromatic N) is 6. The molecule has 34 heavy (non-hydrogen) atoms. The van der Waals surface area contributed by atoms with E-state index in [0.717, 1.165) is 32.6 Å². The normalized spacial score (nSPS) is 21.8. The first kappa shape index (κ1) is 24.0. The van der Waals surface area contributed by atoms with E-state index in [2.05, 4.69) is 69.3 Å². The second kappa shape index (κ2) is 11.3. The molecule has 0 aliphatic carbocycles. The van der Waals surface area contributed by atoms with Crippen LogP contribution in [0.15, 0.2) is 42.7 Å². The number of hydrogen-bond acceptors (Lipinski definition) is 6. The average molecular weight is 462 g/mol. The Kier molecular flexibility index (Phi) is 7.96. The van der Waals surface area contributed by atoms with Crippen LogP contribution in [0.3, 0.4) is 0 Å². The highest BCUT2D eigenvalue weighted by Crippen LogP contribution is 2.22. The first-order chi connectivity index (χ1) is 16.5. The fraction of sp³-hybridized carbons (Fsp3) is 0.538. The number of nitriles is 1. The van der Waals surface area contributed by atoms with Gasteiger partial charge >= 0.3 is 6.03 Å². The fourth-order valence-electron chi connectivity index (χ4n) is 5.18. The van der Waals surface area contributed by atoms with Crippen molar-refractivity contribution in [3.8, 4) is 6.07 Å². The minimum Gasteiger partial charge on any atom is -0.338 e. The predicted molar refractivity (Wildman–Crippen MR) is 132 cm³/mol. The average Bonchev–Trinajstić information content (AvgIpc) is 2.85. The Hall–Kier alpha value is -3.18. The van der Waals surface area contributed by atoms with Crippen LogP contribution in [0.25, 0.3) is 0 Å². The molecule has 2 amide bonds. The van der Waals surface area contributed by atoms with Gasteiger partial charge in [-0.1, -0.05) is 30.3 Å². The van der Waals surface area contributed by atoms with Gasteiger partial charge in [0.05, 0.1) is 18.0 Å². The highest BCUT2D eigenvalue weighted by Gasteiger charge is 2.34. The Bertz CT molecular complexity index is 955. The van der Waals surface area contributed by atoms with Crippen molar-refractivity contribution in [2.75, 3.05) is 37.6 Å². The third kappa shape index (κ3) is 6.03. The molecule has 2 saturated heterocycles. The number of carbonyl (C=O) groups excluding carboxylic acids is 1. The van der Waals surface area contributed by atoms with E-state index in [1.165, 1.54) is 18.4 Å². The van der Waals surface area contributed by atoms with Gasteiger partial charge < -0.3 is 15.1 Å². The number of anilines is 1. The highest BCUT2D eigenvalue weighted by atomic mass is 16.2. The van der Waals surface area contributed by atoms with Crippen LogP contribution in [0.1, 0.15) is 44.2 Å². The van der Waals surface area contributed by atoms with Gasteiger partial charge in [0.15, 0.2) is 0 Å². The molecule has 3 heterocycles. The highest BCUT2D eigenvalue weighted by molar-refractivity contribution is 5.75. The van der Waals surface area contributed by atoms with Gasteiger partial charge in [-0.05, 0) is 57.7 Å². The molecule has 1 N–H and O–H groups in total. The maximum Gasteiger partial charge on any atom is 0.318 e. The smallest absolute Gasteiger partial charge is 0.318 e. The van der Waals surface area contributed by atoms with Crippen LogP contribution in [0.5, 0.6) is 0 Å². The topological polar surface area (TPSA) is 88.4 Å². The van der Waals surface area contributed by atoms with E-state index in [1.54, 1.807) is 12.4 Å². The molecule has 1 aromatic carbocycles. The maximum absolute atomic E-state index is 13.0. The lowest BCUT2D eigenvalue weighted by molar-refractivity contribution is 0.139. The molecule has 4 rings (SSSR count). The molecule has 0 radical (unpaired) electrons. The minimum atomic E-state index is 0.0157. The zero-order valence-corrected chi connectivity index (χ0v) is 20.2. The van der Waals surface area contributed by atoms with Gasteiger partial charge in [-0.25, -0.2) is 14.8 Å². The zero-order chi connectivity index (χ0) is 23.9. The van der Waals surface area contributed by atoms with Crippen molar-refractivity contribution in [2.24, 2.45) is 5.92 Å². The van der Waals surface area contributed by atoms with Crippen LogP contribution >= 0.6 is 0 Å². The zero-order valence-electron chi connectivity index (χ0n) is 20.2. The largest absolute Gasteiger partial charge is 0.338 e. The molecule has 2 atom stereocenters. The van der Waals surface area contributed by atoms with Gasteiger partial charge in [0.2, 0.25) is 5.95 Å². The van der Waals surface area contributed by atoms with Gasteiger partial charge in [-0.3, -0.25) is 4.90 Å². The molecule has 0 bridgehead atoms. The van der Waals surface area contributed by atoms with Crippen LogP contribution < -0.4 is 10.2 Å². The lowest BCUT2D eigenvalue weighted by Gasteiger charge is -2.44. The van der Waals surface area contributed by atoms with Crippen LogP contribution in [0.2, 0.25) is 0 Å². The van der Waals surface area contributed by atoms with Crippen LogP contribution in [0.4, 0.5) is 10.7 Å². The number of aromatic nitrogens is 2. The van der Waals surface area contributed by atoms with E-state index < -0.39 is 0 Å². The molecule has 0 unspecified atom stereocenters. The monoisotopic (exact) mass is 461 g/mol. The van der Waals surface area contributed by atoms with Crippen molar-refractivity contribution >= 4 is 12.0 Å². The maximum atomic E-state index is 13.0. The first-order valence-corrected chi connectivity index (χ1v) is 12.3. The summed E-state index contributed by atoms with van der Waals surface area (Å²) in [5.74, 6) is 1.28. The van der Waals surface area contributed by atoms with Crippen LogP contribution in [-0.4, -0.2) is 70.6 Å². The summed E-state index contributed by atoms with van der Waals surface area (Å²) in [6.07, 6.45) is 6.51. The number of hydrogen-bond donors (Lipinski definition) is 1. The van der Waals surface area contributed by atoms with Crippen LogP contribution in [0, 0.1) is 17.2 Å². The fourth-order valence-corrected chi connectivity index (χ4v) is 5.18. The number of rotatable bonds is 6. The number of piperazine rings is 1. The molecule has 2 aliphatic rings. The number of carbonyl (C=O) groups is 1.